The molecule has 0 saturated carbocycles. The predicted octanol–water partition coefficient (Wildman–Crippen LogP) is 1.83. The van der Waals surface area contributed by atoms with Crippen LogP contribution in [0.15, 0.2) is 24.3 Å². The van der Waals surface area contributed by atoms with E-state index in [1.165, 1.54) is 0 Å². The van der Waals surface area contributed by atoms with Gasteiger partial charge in [0.2, 0.25) is 5.91 Å². The number of carbonyl (C=O) groups is 2. The number of nitrogens with one attached hydrogen (secondary N) is 2. The summed E-state index contributed by atoms with van der Waals surface area (Å²) in [4.78, 5) is 25.6. The summed E-state index contributed by atoms with van der Waals surface area (Å²) in [6.07, 6.45) is -3.54. The molecule has 1 aromatic rings. The van der Waals surface area contributed by atoms with Gasteiger partial charge in [-0.05, 0) is 59.2 Å². The van der Waals surface area contributed by atoms with Gasteiger partial charge >= 0.3 is 0 Å². The van der Waals surface area contributed by atoms with Crippen LogP contribution in [0.25, 0.3) is 0 Å². The maximum atomic E-state index is 13.1. The molecule has 6 atom stereocenters. The fourth-order valence-corrected chi connectivity index (χ4v) is 4.16. The van der Waals surface area contributed by atoms with Crippen molar-refractivity contribution >= 4 is 17.5 Å². The van der Waals surface area contributed by atoms with Crippen molar-refractivity contribution in [3.05, 3.63) is 29.8 Å². The van der Waals surface area contributed by atoms with Crippen LogP contribution in [0.2, 0.25) is 0 Å². The molecule has 3 fully saturated rings. The fraction of sp³-hybridized carbons (Fsp3) is 0.636. The number of benzene rings is 1. The Hall–Kier alpha value is -2.04. The quantitative estimate of drug-likeness (QED) is 0.745. The topological polar surface area (TPSA) is 104 Å². The van der Waals surface area contributed by atoms with Gasteiger partial charge in [-0.25, -0.2) is 0 Å². The van der Waals surface area contributed by atoms with Gasteiger partial charge in [-0.2, -0.15) is 0 Å². The van der Waals surface area contributed by atoms with Crippen molar-refractivity contribution in [3.8, 4) is 0 Å². The Kier molecular flexibility index (Phi) is 5.60. The Labute approximate surface area is 181 Å². The minimum Gasteiger partial charge on any atom is -0.342 e. The lowest BCUT2D eigenvalue weighted by molar-refractivity contribution is -0.231. The highest BCUT2D eigenvalue weighted by Gasteiger charge is 2.62. The number of hydrogen-bond acceptors (Lipinski definition) is 7. The van der Waals surface area contributed by atoms with E-state index in [0.717, 1.165) is 5.56 Å². The van der Waals surface area contributed by atoms with Gasteiger partial charge in [0.25, 0.3) is 5.91 Å². The van der Waals surface area contributed by atoms with E-state index in [-0.39, 0.29) is 5.91 Å². The molecule has 3 heterocycles. The van der Waals surface area contributed by atoms with Crippen molar-refractivity contribution in [2.75, 3.05) is 5.32 Å². The Balaban J connectivity index is 1.45. The van der Waals surface area contributed by atoms with E-state index in [2.05, 4.69) is 10.6 Å². The van der Waals surface area contributed by atoms with Gasteiger partial charge in [0, 0.05) is 5.69 Å². The van der Waals surface area contributed by atoms with Crippen LogP contribution in [0, 0.1) is 6.92 Å². The van der Waals surface area contributed by atoms with Crippen molar-refractivity contribution in [2.45, 2.75) is 89.9 Å². The zero-order chi connectivity index (χ0) is 22.6. The zero-order valence-corrected chi connectivity index (χ0v) is 18.6. The van der Waals surface area contributed by atoms with Gasteiger partial charge < -0.3 is 34.3 Å². The van der Waals surface area contributed by atoms with Crippen molar-refractivity contribution in [3.63, 3.8) is 0 Å². The lowest BCUT2D eigenvalue weighted by atomic mass is 9.98. The third kappa shape index (κ3) is 4.61. The Morgan fingerprint density at radius 2 is 1.61 bits per heavy atom. The molecule has 1 aromatic carbocycles. The third-order valence-electron chi connectivity index (χ3n) is 5.45. The lowest BCUT2D eigenvalue weighted by Gasteiger charge is -2.36. The van der Waals surface area contributed by atoms with Crippen LogP contribution in [0.4, 0.5) is 5.69 Å². The number of hydrogen-bond donors (Lipinski definition) is 2. The number of aryl methyl sites for hydroxylation is 1. The summed E-state index contributed by atoms with van der Waals surface area (Å²) in [6.45, 7) is 10.6. The molecule has 4 rings (SSSR count). The van der Waals surface area contributed by atoms with Crippen LogP contribution in [0.3, 0.4) is 0 Å². The molecule has 3 aliphatic rings. The van der Waals surface area contributed by atoms with Gasteiger partial charge in [-0.1, -0.05) is 12.1 Å². The standard InChI is InChI=1S/C22H30N2O7/c1-11-8-7-9-13(10-11)24-18(25)12(2)23-19(26)16-14-15(29-21(3,4)28-14)17-20(27-16)31-22(5,6)30-17/h7-10,12,14-17,20H,1-6H3,(H,23,26)(H,24,25)/t12-,14+,15-,16+,17+,20+/m0/s1. The first-order valence-corrected chi connectivity index (χ1v) is 10.5. The first kappa shape index (κ1) is 22.2. The first-order valence-electron chi connectivity index (χ1n) is 10.5. The number of ether oxygens (including phenoxy) is 5. The maximum Gasteiger partial charge on any atom is 0.252 e. The molecule has 2 N–H and O–H groups in total. The monoisotopic (exact) mass is 434 g/mol. The summed E-state index contributed by atoms with van der Waals surface area (Å²) in [7, 11) is 0. The minimum absolute atomic E-state index is 0.338. The summed E-state index contributed by atoms with van der Waals surface area (Å²) in [6, 6.07) is 6.64. The molecule has 31 heavy (non-hydrogen) atoms. The molecule has 0 unspecified atom stereocenters. The molecule has 0 radical (unpaired) electrons. The second kappa shape index (κ2) is 7.83. The van der Waals surface area contributed by atoms with E-state index in [1.54, 1.807) is 40.7 Å². The molecule has 2 amide bonds. The van der Waals surface area contributed by atoms with Gasteiger partial charge in [0.15, 0.2) is 24.0 Å². The number of anilines is 1. The van der Waals surface area contributed by atoms with Gasteiger partial charge in [0.05, 0.1) is 0 Å². The zero-order valence-electron chi connectivity index (χ0n) is 18.6. The molecule has 9 nitrogen and oxygen atoms in total. The van der Waals surface area contributed by atoms with Gasteiger partial charge in [0.1, 0.15) is 24.4 Å². The van der Waals surface area contributed by atoms with E-state index in [9.17, 15) is 9.59 Å². The number of amides is 2. The fourth-order valence-electron chi connectivity index (χ4n) is 4.16. The second-order valence-electron chi connectivity index (χ2n) is 9.18. The van der Waals surface area contributed by atoms with Crippen molar-refractivity contribution in [2.24, 2.45) is 0 Å². The highest BCUT2D eigenvalue weighted by atomic mass is 16.9. The smallest absolute Gasteiger partial charge is 0.252 e. The Morgan fingerprint density at radius 3 is 2.32 bits per heavy atom. The van der Waals surface area contributed by atoms with Crippen LogP contribution in [0.5, 0.6) is 0 Å². The molecule has 170 valence electrons. The van der Waals surface area contributed by atoms with Crippen LogP contribution in [-0.4, -0.2) is 60.1 Å². The first-order chi connectivity index (χ1) is 14.4. The molecule has 0 aromatic heterocycles. The molecule has 0 aliphatic carbocycles. The summed E-state index contributed by atoms with van der Waals surface area (Å²) in [5.74, 6) is -2.59. The SMILES string of the molecule is Cc1cccc(NC(=O)[C@H](C)NC(=O)[C@@H]2O[C@@H]3OC(C)(C)O[C@@H]3[C@H]3OC(C)(C)O[C@H]32)c1. The maximum absolute atomic E-state index is 13.1. The predicted molar refractivity (Wildman–Crippen MR) is 110 cm³/mol. The Morgan fingerprint density at radius 1 is 0.968 bits per heavy atom. The van der Waals surface area contributed by atoms with E-state index in [0.29, 0.717) is 5.69 Å². The molecule has 0 spiro atoms. The molecule has 3 aliphatic heterocycles. The number of carbonyl (C=O) groups excluding carboxylic acids is 2. The average Bonchev–Trinajstić information content (AvgIpc) is 3.14. The van der Waals surface area contributed by atoms with Gasteiger partial charge in [-0.15, -0.1) is 0 Å². The largest absolute Gasteiger partial charge is 0.342 e. The molecular formula is C22H30N2O7. The van der Waals surface area contributed by atoms with E-state index < -0.39 is 54.2 Å². The Bertz CT molecular complexity index is 871. The minimum atomic E-state index is -1.01. The van der Waals surface area contributed by atoms with E-state index >= 15 is 0 Å². The van der Waals surface area contributed by atoms with Crippen molar-refractivity contribution in [1.82, 2.24) is 5.32 Å². The highest BCUT2D eigenvalue weighted by molar-refractivity contribution is 5.97. The second-order valence-corrected chi connectivity index (χ2v) is 9.18. The lowest BCUT2D eigenvalue weighted by Crippen LogP contribution is -2.60. The summed E-state index contributed by atoms with van der Waals surface area (Å²) in [5.41, 5.74) is 1.68. The average molecular weight is 434 g/mol. The van der Waals surface area contributed by atoms with Crippen LogP contribution >= 0.6 is 0 Å². The third-order valence-corrected chi connectivity index (χ3v) is 5.45. The number of fused-ring (bicyclic) bond motifs is 3. The van der Waals surface area contributed by atoms with Gasteiger partial charge in [-0.3, -0.25) is 9.59 Å². The summed E-state index contributed by atoms with van der Waals surface area (Å²) >= 11 is 0. The molecule has 3 saturated heterocycles. The van der Waals surface area contributed by atoms with Crippen LogP contribution in [0.1, 0.15) is 40.2 Å². The normalized spacial score (nSPS) is 33.8. The highest BCUT2D eigenvalue weighted by Crippen LogP contribution is 2.44. The molecule has 9 heteroatoms. The van der Waals surface area contributed by atoms with E-state index in [4.69, 9.17) is 23.7 Å². The van der Waals surface area contributed by atoms with E-state index in [1.807, 2.05) is 25.1 Å². The van der Waals surface area contributed by atoms with Crippen LogP contribution < -0.4 is 10.6 Å². The van der Waals surface area contributed by atoms with Crippen molar-refractivity contribution in [1.29, 1.82) is 0 Å². The summed E-state index contributed by atoms with van der Waals surface area (Å²) in [5, 5.41) is 5.52. The van der Waals surface area contributed by atoms with Crippen LogP contribution in [-0.2, 0) is 33.3 Å². The number of rotatable bonds is 4. The molecular weight excluding hydrogens is 404 g/mol. The molecule has 0 bridgehead atoms. The van der Waals surface area contributed by atoms with Crippen molar-refractivity contribution < 1.29 is 33.3 Å². The summed E-state index contributed by atoms with van der Waals surface area (Å²) < 4.78 is 29.7.